The molecule has 3 aliphatic rings. The number of anilines is 2. The van der Waals surface area contributed by atoms with Crippen molar-refractivity contribution in [3.8, 4) is 17.0 Å². The highest BCUT2D eigenvalue weighted by molar-refractivity contribution is 5.76. The number of hydrogen-bond donors (Lipinski definition) is 3. The Labute approximate surface area is 169 Å². The third kappa shape index (κ3) is 3.62. The van der Waals surface area contributed by atoms with E-state index < -0.39 is 5.67 Å². The lowest BCUT2D eigenvalue weighted by Gasteiger charge is -2.47. The number of benzene rings is 1. The van der Waals surface area contributed by atoms with Crippen molar-refractivity contribution in [3.63, 3.8) is 0 Å². The second-order valence-electron chi connectivity index (χ2n) is 8.34. The van der Waals surface area contributed by atoms with Crippen LogP contribution in [0.15, 0.2) is 30.3 Å². The zero-order chi connectivity index (χ0) is 19.8. The number of hydrogen-bond acceptors (Lipinski definition) is 7. The quantitative estimate of drug-likeness (QED) is 0.729. The highest BCUT2D eigenvalue weighted by atomic mass is 19.1. The van der Waals surface area contributed by atoms with Crippen LogP contribution in [0.25, 0.3) is 11.3 Å². The van der Waals surface area contributed by atoms with Gasteiger partial charge in [-0.15, -0.1) is 10.2 Å². The van der Waals surface area contributed by atoms with Gasteiger partial charge >= 0.3 is 0 Å². The molecule has 0 spiro atoms. The number of phenolic OH excluding ortho intramolecular Hbond substituents is 1. The monoisotopic (exact) mass is 398 g/mol. The Morgan fingerprint density at radius 1 is 1.17 bits per heavy atom. The standard InChI is InChI=1S/C21H27FN6O/c22-21(5-7-23-8-6-21)14-27-9-10-28-15(13-27)12-24-20-18(28)11-17(25-26-20)16-3-1-2-4-19(16)29/h1-4,11,15,23,29H,5-10,12-14H2,(H,24,26)/t15-/m0/s1. The van der Waals surface area contributed by atoms with Gasteiger partial charge in [-0.2, -0.15) is 0 Å². The van der Waals surface area contributed by atoms with Crippen LogP contribution < -0.4 is 15.5 Å². The van der Waals surface area contributed by atoms with Gasteiger partial charge in [-0.1, -0.05) is 12.1 Å². The van der Waals surface area contributed by atoms with Crippen LogP contribution in [0.3, 0.4) is 0 Å². The van der Waals surface area contributed by atoms with Crippen molar-refractivity contribution in [2.75, 3.05) is 56.0 Å². The molecule has 2 saturated heterocycles. The average Bonchev–Trinajstić information content (AvgIpc) is 2.73. The van der Waals surface area contributed by atoms with Crippen molar-refractivity contribution in [2.24, 2.45) is 0 Å². The summed E-state index contributed by atoms with van der Waals surface area (Å²) in [6.07, 6.45) is 1.19. The summed E-state index contributed by atoms with van der Waals surface area (Å²) in [6, 6.07) is 9.44. The molecule has 0 radical (unpaired) electrons. The largest absolute Gasteiger partial charge is 0.507 e. The van der Waals surface area contributed by atoms with Crippen molar-refractivity contribution in [2.45, 2.75) is 24.6 Å². The molecule has 8 heteroatoms. The first-order chi connectivity index (χ1) is 14.1. The minimum Gasteiger partial charge on any atom is -0.507 e. The number of nitrogens with one attached hydrogen (secondary N) is 2. The summed E-state index contributed by atoms with van der Waals surface area (Å²) >= 11 is 0. The van der Waals surface area contributed by atoms with Gasteiger partial charge in [-0.3, -0.25) is 4.90 Å². The van der Waals surface area contributed by atoms with Gasteiger partial charge in [0.25, 0.3) is 0 Å². The predicted molar refractivity (Wildman–Crippen MR) is 111 cm³/mol. The molecule has 0 saturated carbocycles. The molecule has 29 heavy (non-hydrogen) atoms. The second kappa shape index (κ2) is 7.42. The van der Waals surface area contributed by atoms with Crippen LogP contribution in [0.4, 0.5) is 15.9 Å². The smallest absolute Gasteiger partial charge is 0.172 e. The number of nitrogens with zero attached hydrogens (tertiary/aromatic N) is 4. The fourth-order valence-corrected chi connectivity index (χ4v) is 4.75. The van der Waals surface area contributed by atoms with Crippen molar-refractivity contribution in [1.29, 1.82) is 0 Å². The van der Waals surface area contributed by atoms with Crippen LogP contribution in [0.5, 0.6) is 5.75 Å². The fourth-order valence-electron chi connectivity index (χ4n) is 4.75. The maximum absolute atomic E-state index is 15.1. The van der Waals surface area contributed by atoms with E-state index in [4.69, 9.17) is 0 Å². The van der Waals surface area contributed by atoms with Gasteiger partial charge in [0, 0.05) is 38.3 Å². The van der Waals surface area contributed by atoms with Gasteiger partial charge in [0.1, 0.15) is 11.4 Å². The number of fused-ring (bicyclic) bond motifs is 3. The zero-order valence-electron chi connectivity index (χ0n) is 16.4. The lowest BCUT2D eigenvalue weighted by molar-refractivity contribution is 0.0537. The minimum absolute atomic E-state index is 0.196. The van der Waals surface area contributed by atoms with Crippen molar-refractivity contribution in [3.05, 3.63) is 30.3 Å². The first-order valence-electron chi connectivity index (χ1n) is 10.4. The average molecular weight is 398 g/mol. The third-order valence-electron chi connectivity index (χ3n) is 6.34. The summed E-state index contributed by atoms with van der Waals surface area (Å²) in [6.45, 7) is 5.33. The normalized spacial score (nSPS) is 23.8. The molecule has 3 N–H and O–H groups in total. The number of alkyl halides is 1. The Balaban J connectivity index is 1.34. The van der Waals surface area contributed by atoms with Gasteiger partial charge in [-0.05, 0) is 44.1 Å². The van der Waals surface area contributed by atoms with E-state index in [-0.39, 0.29) is 11.8 Å². The van der Waals surface area contributed by atoms with Crippen LogP contribution in [-0.2, 0) is 0 Å². The number of piperazine rings is 1. The van der Waals surface area contributed by atoms with E-state index in [1.54, 1.807) is 12.1 Å². The first-order valence-corrected chi connectivity index (χ1v) is 10.4. The lowest BCUT2D eigenvalue weighted by atomic mass is 9.93. The summed E-state index contributed by atoms with van der Waals surface area (Å²) in [7, 11) is 0. The van der Waals surface area contributed by atoms with Crippen LogP contribution in [0, 0.1) is 0 Å². The van der Waals surface area contributed by atoms with Crippen LogP contribution >= 0.6 is 0 Å². The van der Waals surface area contributed by atoms with Gasteiger partial charge in [-0.25, -0.2) is 4.39 Å². The third-order valence-corrected chi connectivity index (χ3v) is 6.34. The highest BCUT2D eigenvalue weighted by Gasteiger charge is 2.38. The summed E-state index contributed by atoms with van der Waals surface area (Å²) in [5.74, 6) is 0.969. The molecule has 154 valence electrons. The Morgan fingerprint density at radius 2 is 2.00 bits per heavy atom. The molecule has 0 amide bonds. The fraction of sp³-hybridized carbons (Fsp3) is 0.524. The molecular weight excluding hydrogens is 371 g/mol. The molecule has 7 nitrogen and oxygen atoms in total. The minimum atomic E-state index is -1.07. The summed E-state index contributed by atoms with van der Waals surface area (Å²) < 4.78 is 15.1. The number of rotatable bonds is 3. The van der Waals surface area contributed by atoms with Crippen molar-refractivity contribution in [1.82, 2.24) is 20.4 Å². The highest BCUT2D eigenvalue weighted by Crippen LogP contribution is 2.36. The molecule has 3 aliphatic heterocycles. The number of halogens is 1. The number of phenols is 1. The van der Waals surface area contributed by atoms with Gasteiger partial charge in [0.2, 0.25) is 0 Å². The molecule has 1 atom stereocenters. The number of piperidine rings is 1. The van der Waals surface area contributed by atoms with Gasteiger partial charge < -0.3 is 20.6 Å². The van der Waals surface area contributed by atoms with E-state index in [9.17, 15) is 5.11 Å². The Kier molecular flexibility index (Phi) is 4.75. The van der Waals surface area contributed by atoms with E-state index >= 15 is 4.39 Å². The van der Waals surface area contributed by atoms with E-state index in [0.717, 1.165) is 50.8 Å². The number of para-hydroxylation sites is 1. The first kappa shape index (κ1) is 18.6. The zero-order valence-corrected chi connectivity index (χ0v) is 16.4. The van der Waals surface area contributed by atoms with E-state index in [1.807, 2.05) is 18.2 Å². The molecule has 1 aromatic heterocycles. The predicted octanol–water partition coefficient (Wildman–Crippen LogP) is 1.86. The SMILES string of the molecule is Oc1ccccc1-c1cc2c(nn1)NC[C@H]1CN(CC3(F)CCNCC3)CCN21. The molecule has 2 fully saturated rings. The van der Waals surface area contributed by atoms with Crippen LogP contribution in [0.1, 0.15) is 12.8 Å². The van der Waals surface area contributed by atoms with Crippen LogP contribution in [-0.4, -0.2) is 77.7 Å². The molecule has 1 aromatic carbocycles. The molecular formula is C21H27FN6O. The molecule has 2 aromatic rings. The van der Waals surface area contributed by atoms with Crippen LogP contribution in [0.2, 0.25) is 0 Å². The van der Waals surface area contributed by atoms with Gasteiger partial charge in [0.15, 0.2) is 5.82 Å². The Bertz CT molecular complexity index is 887. The van der Waals surface area contributed by atoms with E-state index in [0.29, 0.717) is 30.6 Å². The molecule has 5 rings (SSSR count). The molecule has 0 unspecified atom stereocenters. The summed E-state index contributed by atoms with van der Waals surface area (Å²) in [5.41, 5.74) is 1.26. The van der Waals surface area contributed by atoms with E-state index in [1.165, 1.54) is 0 Å². The van der Waals surface area contributed by atoms with Crippen molar-refractivity contribution >= 4 is 11.5 Å². The second-order valence-corrected chi connectivity index (χ2v) is 8.34. The molecule has 0 bridgehead atoms. The topological polar surface area (TPSA) is 76.5 Å². The number of aromatic hydroxyl groups is 1. The summed E-state index contributed by atoms with van der Waals surface area (Å²) in [5, 5.41) is 25.5. The van der Waals surface area contributed by atoms with Crippen molar-refractivity contribution < 1.29 is 9.50 Å². The molecule has 4 heterocycles. The van der Waals surface area contributed by atoms with Gasteiger partial charge in [0.05, 0.1) is 17.4 Å². The molecule has 0 aliphatic carbocycles. The maximum atomic E-state index is 15.1. The summed E-state index contributed by atoms with van der Waals surface area (Å²) in [4.78, 5) is 4.63. The Morgan fingerprint density at radius 3 is 2.83 bits per heavy atom. The lowest BCUT2D eigenvalue weighted by Crippen LogP contribution is -2.60. The van der Waals surface area contributed by atoms with E-state index in [2.05, 4.69) is 30.6 Å². The maximum Gasteiger partial charge on any atom is 0.172 e. The Hall–Kier alpha value is -2.45. The number of aromatic nitrogens is 2.